The Morgan fingerprint density at radius 3 is 2.54 bits per heavy atom. The number of hydrogen-bond acceptors (Lipinski definition) is 9. The topological polar surface area (TPSA) is 180 Å². The van der Waals surface area contributed by atoms with E-state index in [1.807, 2.05) is 14.0 Å². The van der Waals surface area contributed by atoms with Gasteiger partial charge in [0.15, 0.2) is 0 Å². The third-order valence-electron chi connectivity index (χ3n) is 8.44. The molecule has 2 heterocycles. The van der Waals surface area contributed by atoms with Crippen LogP contribution in [0.5, 0.6) is 0 Å². The van der Waals surface area contributed by atoms with Crippen LogP contribution in [0.3, 0.4) is 0 Å². The molecule has 1 aromatic carbocycles. The number of carbonyl (C=O) groups is 5. The van der Waals surface area contributed by atoms with Gasteiger partial charge < -0.3 is 45.0 Å². The van der Waals surface area contributed by atoms with Gasteiger partial charge in [0.1, 0.15) is 18.0 Å². The number of benzene rings is 1. The van der Waals surface area contributed by atoms with Crippen molar-refractivity contribution in [3.05, 3.63) is 35.5 Å². The Morgan fingerprint density at radius 2 is 1.90 bits per heavy atom. The highest BCUT2D eigenvalue weighted by Crippen LogP contribution is 2.44. The SMILES string of the molecule is CCOP(OC)OC(F)c1ccc2[nH]c(C(=O)NC(C)CCC(CC3CCC(C(=O)NC(C=O)CCC(=O)NC)N3C=O)NC)cc2c1. The fourth-order valence-electron chi connectivity index (χ4n) is 5.75. The number of nitrogens with zero attached hydrogens (tertiary/aromatic N) is 1. The summed E-state index contributed by atoms with van der Waals surface area (Å²) < 4.78 is 30.3. The predicted octanol–water partition coefficient (Wildman–Crippen LogP) is 3.14. The molecule has 0 bridgehead atoms. The lowest BCUT2D eigenvalue weighted by Gasteiger charge is -2.29. The number of hydrogen-bond donors (Lipinski definition) is 5. The third-order valence-corrected chi connectivity index (χ3v) is 9.56. The maximum atomic E-state index is 14.8. The van der Waals surface area contributed by atoms with Gasteiger partial charge >= 0.3 is 8.60 Å². The van der Waals surface area contributed by atoms with Crippen molar-refractivity contribution < 1.29 is 41.9 Å². The molecular weight excluding hydrogens is 646 g/mol. The van der Waals surface area contributed by atoms with Gasteiger partial charge in [-0.05, 0) is 77.6 Å². The molecule has 2 aromatic rings. The van der Waals surface area contributed by atoms with E-state index >= 15 is 0 Å². The number of aromatic amines is 1. The monoisotopic (exact) mass is 694 g/mol. The van der Waals surface area contributed by atoms with Crippen LogP contribution in [0.4, 0.5) is 4.39 Å². The summed E-state index contributed by atoms with van der Waals surface area (Å²) in [6, 6.07) is 4.67. The van der Waals surface area contributed by atoms with Crippen molar-refractivity contribution >= 4 is 49.9 Å². The average Bonchev–Trinajstić information content (AvgIpc) is 3.71. The van der Waals surface area contributed by atoms with Crippen molar-refractivity contribution in [3.63, 3.8) is 0 Å². The molecule has 7 unspecified atom stereocenters. The molecule has 0 saturated carbocycles. The minimum absolute atomic E-state index is 0.0121. The highest BCUT2D eigenvalue weighted by atomic mass is 31.2. The number of amides is 4. The molecule has 0 radical (unpaired) electrons. The number of rotatable bonds is 21. The predicted molar refractivity (Wildman–Crippen MR) is 178 cm³/mol. The van der Waals surface area contributed by atoms with Gasteiger partial charge in [-0.15, -0.1) is 0 Å². The molecule has 1 aliphatic rings. The normalized spacial score (nSPS) is 19.2. The molecule has 16 heteroatoms. The fourth-order valence-corrected chi connectivity index (χ4v) is 6.49. The smallest absolute Gasteiger partial charge is 0.335 e. The number of H-pyrrole nitrogens is 1. The van der Waals surface area contributed by atoms with Gasteiger partial charge in [0.05, 0.1) is 12.6 Å². The van der Waals surface area contributed by atoms with Crippen LogP contribution in [0.25, 0.3) is 10.9 Å². The van der Waals surface area contributed by atoms with Gasteiger partial charge in [-0.2, -0.15) is 0 Å². The minimum Gasteiger partial charge on any atom is -0.359 e. The number of nitrogens with one attached hydrogen (secondary N) is 5. The number of alkyl halides is 1. The average molecular weight is 695 g/mol. The highest BCUT2D eigenvalue weighted by molar-refractivity contribution is 7.41. The van der Waals surface area contributed by atoms with E-state index in [1.54, 1.807) is 31.2 Å². The van der Waals surface area contributed by atoms with E-state index in [0.29, 0.717) is 68.0 Å². The quantitative estimate of drug-likeness (QED) is 0.0970. The summed E-state index contributed by atoms with van der Waals surface area (Å²) in [6.45, 7) is 3.99. The molecule has 1 saturated heterocycles. The van der Waals surface area contributed by atoms with Crippen molar-refractivity contribution in [2.75, 3.05) is 27.8 Å². The lowest BCUT2D eigenvalue weighted by Crippen LogP contribution is -2.49. The van der Waals surface area contributed by atoms with Gasteiger partial charge in [-0.1, -0.05) is 6.07 Å². The van der Waals surface area contributed by atoms with Crippen LogP contribution in [0, 0.1) is 0 Å². The largest absolute Gasteiger partial charge is 0.359 e. The van der Waals surface area contributed by atoms with Crippen molar-refractivity contribution in [2.24, 2.45) is 0 Å². The summed E-state index contributed by atoms with van der Waals surface area (Å²) in [6.07, 6.45) is 2.84. The number of fused-ring (bicyclic) bond motifs is 1. The Bertz CT molecular complexity index is 1380. The van der Waals surface area contributed by atoms with Crippen LogP contribution < -0.4 is 21.3 Å². The Balaban J connectivity index is 1.51. The molecule has 1 aliphatic heterocycles. The number of likely N-dealkylation sites (tertiary alicyclic amines) is 1. The van der Waals surface area contributed by atoms with Crippen molar-refractivity contribution in [3.8, 4) is 0 Å². The second-order valence-electron chi connectivity index (χ2n) is 11.7. The van der Waals surface area contributed by atoms with E-state index in [1.165, 1.54) is 19.1 Å². The summed E-state index contributed by atoms with van der Waals surface area (Å²) in [5, 5.41) is 12.1. The van der Waals surface area contributed by atoms with Gasteiger partial charge in [-0.25, -0.2) is 4.39 Å². The van der Waals surface area contributed by atoms with E-state index in [4.69, 9.17) is 13.6 Å². The molecule has 0 aliphatic carbocycles. The molecule has 4 amide bonds. The van der Waals surface area contributed by atoms with Crippen molar-refractivity contribution in [1.29, 1.82) is 0 Å². The maximum absolute atomic E-state index is 14.8. The molecule has 48 heavy (non-hydrogen) atoms. The number of aldehydes is 1. The maximum Gasteiger partial charge on any atom is 0.335 e. The van der Waals surface area contributed by atoms with E-state index in [2.05, 4.69) is 26.3 Å². The summed E-state index contributed by atoms with van der Waals surface area (Å²) in [4.78, 5) is 65.6. The Kier molecular flexibility index (Phi) is 15.8. The molecule has 266 valence electrons. The van der Waals surface area contributed by atoms with E-state index in [9.17, 15) is 28.4 Å². The van der Waals surface area contributed by atoms with Gasteiger partial charge in [0.2, 0.25) is 24.6 Å². The summed E-state index contributed by atoms with van der Waals surface area (Å²) in [5.41, 5.74) is 1.28. The van der Waals surface area contributed by atoms with Crippen molar-refractivity contribution in [2.45, 2.75) is 95.4 Å². The van der Waals surface area contributed by atoms with Crippen LogP contribution in [0.2, 0.25) is 0 Å². The van der Waals surface area contributed by atoms with Gasteiger partial charge in [-0.3, -0.25) is 23.7 Å². The van der Waals surface area contributed by atoms with Gasteiger partial charge in [0, 0.05) is 55.2 Å². The van der Waals surface area contributed by atoms with E-state index in [0.717, 1.165) is 0 Å². The summed E-state index contributed by atoms with van der Waals surface area (Å²) in [5.74, 6) is -0.941. The summed E-state index contributed by atoms with van der Waals surface area (Å²) >= 11 is 0. The number of aromatic nitrogens is 1. The zero-order valence-corrected chi connectivity index (χ0v) is 29.0. The van der Waals surface area contributed by atoms with Crippen LogP contribution in [-0.4, -0.2) is 98.3 Å². The van der Waals surface area contributed by atoms with Crippen LogP contribution in [0.15, 0.2) is 24.3 Å². The first-order valence-electron chi connectivity index (χ1n) is 16.1. The first-order valence-corrected chi connectivity index (χ1v) is 17.2. The van der Waals surface area contributed by atoms with Crippen LogP contribution in [-0.2, 0) is 32.7 Å². The van der Waals surface area contributed by atoms with Crippen LogP contribution >= 0.6 is 8.60 Å². The third kappa shape index (κ3) is 11.0. The number of carbonyl (C=O) groups excluding carboxylic acids is 5. The minimum atomic E-state index is -1.82. The Hall–Kier alpha value is -3.49. The molecule has 5 N–H and O–H groups in total. The van der Waals surface area contributed by atoms with Crippen molar-refractivity contribution in [1.82, 2.24) is 31.2 Å². The molecule has 7 atom stereocenters. The zero-order valence-electron chi connectivity index (χ0n) is 28.1. The molecule has 0 spiro atoms. The lowest BCUT2D eigenvalue weighted by molar-refractivity contribution is -0.133. The first-order chi connectivity index (χ1) is 23.1. The number of halogens is 1. The van der Waals surface area contributed by atoms with Crippen LogP contribution in [0.1, 0.15) is 81.2 Å². The highest BCUT2D eigenvalue weighted by Gasteiger charge is 2.38. The molecular formula is C32H48FN6O8P. The second kappa shape index (κ2) is 19.5. The molecule has 1 aromatic heterocycles. The van der Waals surface area contributed by atoms with E-state index in [-0.39, 0.29) is 48.3 Å². The van der Waals surface area contributed by atoms with Gasteiger partial charge in [0.25, 0.3) is 5.91 Å². The molecule has 14 nitrogen and oxygen atoms in total. The molecule has 3 rings (SSSR count). The standard InChI is InChI=1S/C32H48FN6O8P/c1-6-46-48(45-5)47-30(33)21-8-12-26-22(15-21)16-27(38-26)31(43)36-20(2)7-9-23(34-3)17-25-11-13-28(39(25)19-41)32(44)37-24(18-40)10-14-29(42)35-4/h8,12,15-16,18-20,23-25,28,30,34,38H,6-7,9-11,13-14,17H2,1-5H3,(H,35,42)(H,36,43)(H,37,44). The molecule has 1 fully saturated rings. The Labute approximate surface area is 281 Å². The fraction of sp³-hybridized carbons (Fsp3) is 0.594. The summed E-state index contributed by atoms with van der Waals surface area (Å²) in [7, 11) is 2.90. The first kappa shape index (κ1) is 39.0. The zero-order chi connectivity index (χ0) is 35.2. The lowest BCUT2D eigenvalue weighted by atomic mass is 9.99. The van der Waals surface area contributed by atoms with E-state index < -0.39 is 33.0 Å². The second-order valence-corrected chi connectivity index (χ2v) is 13.0. The Morgan fingerprint density at radius 1 is 1.12 bits per heavy atom.